The van der Waals surface area contributed by atoms with Gasteiger partial charge in [0.1, 0.15) is 5.75 Å². The Balaban J connectivity index is 1.83. The standard InChI is InChI=1S/C19H22O2/c1-14(2)21-18-9-7-17(8-10-18)19(20)12-11-15-5-3-4-6-16(15)13-19/h3-10,14,20H,11-13H2,1-2H3. The van der Waals surface area contributed by atoms with Gasteiger partial charge in [-0.2, -0.15) is 0 Å². The molecule has 0 amide bonds. The summed E-state index contributed by atoms with van der Waals surface area (Å²) in [7, 11) is 0. The van der Waals surface area contributed by atoms with E-state index in [2.05, 4.69) is 18.2 Å². The molecule has 0 spiro atoms. The van der Waals surface area contributed by atoms with E-state index in [1.165, 1.54) is 11.1 Å². The van der Waals surface area contributed by atoms with Gasteiger partial charge >= 0.3 is 0 Å². The molecule has 0 saturated heterocycles. The van der Waals surface area contributed by atoms with E-state index in [9.17, 15) is 5.11 Å². The van der Waals surface area contributed by atoms with Crippen LogP contribution in [0, 0.1) is 0 Å². The number of hydrogen-bond acceptors (Lipinski definition) is 2. The molecule has 3 rings (SSSR count). The molecule has 1 aliphatic rings. The van der Waals surface area contributed by atoms with Crippen LogP contribution in [0.4, 0.5) is 0 Å². The molecule has 1 unspecified atom stereocenters. The first-order valence-electron chi connectivity index (χ1n) is 7.63. The summed E-state index contributed by atoms with van der Waals surface area (Å²) in [5.74, 6) is 0.855. The molecule has 0 aliphatic heterocycles. The minimum absolute atomic E-state index is 0.167. The average Bonchev–Trinajstić information content (AvgIpc) is 2.47. The van der Waals surface area contributed by atoms with Crippen molar-refractivity contribution in [3.8, 4) is 5.75 Å². The Morgan fingerprint density at radius 2 is 1.67 bits per heavy atom. The topological polar surface area (TPSA) is 29.5 Å². The number of fused-ring (bicyclic) bond motifs is 1. The quantitative estimate of drug-likeness (QED) is 0.926. The molecule has 0 bridgehead atoms. The second kappa shape index (κ2) is 5.53. The second-order valence-electron chi connectivity index (χ2n) is 6.17. The molecule has 0 heterocycles. The van der Waals surface area contributed by atoms with Crippen molar-refractivity contribution < 1.29 is 9.84 Å². The monoisotopic (exact) mass is 282 g/mol. The average molecular weight is 282 g/mol. The highest BCUT2D eigenvalue weighted by atomic mass is 16.5. The van der Waals surface area contributed by atoms with E-state index in [0.29, 0.717) is 6.42 Å². The van der Waals surface area contributed by atoms with E-state index in [1.807, 2.05) is 44.2 Å². The first-order valence-corrected chi connectivity index (χ1v) is 7.63. The summed E-state index contributed by atoms with van der Waals surface area (Å²) >= 11 is 0. The van der Waals surface area contributed by atoms with Crippen LogP contribution in [0.3, 0.4) is 0 Å². The van der Waals surface area contributed by atoms with Gasteiger partial charge in [-0.3, -0.25) is 0 Å². The molecule has 0 aromatic heterocycles. The van der Waals surface area contributed by atoms with Gasteiger partial charge in [0, 0.05) is 6.42 Å². The molecule has 0 saturated carbocycles. The Labute approximate surface area is 126 Å². The van der Waals surface area contributed by atoms with Gasteiger partial charge in [0.15, 0.2) is 0 Å². The van der Waals surface area contributed by atoms with Crippen molar-refractivity contribution >= 4 is 0 Å². The molecule has 0 radical (unpaired) electrons. The zero-order chi connectivity index (χ0) is 14.9. The fraction of sp³-hybridized carbons (Fsp3) is 0.368. The van der Waals surface area contributed by atoms with Crippen LogP contribution in [-0.4, -0.2) is 11.2 Å². The van der Waals surface area contributed by atoms with E-state index < -0.39 is 5.60 Å². The Bertz CT molecular complexity index is 616. The van der Waals surface area contributed by atoms with Gasteiger partial charge in [0.2, 0.25) is 0 Å². The van der Waals surface area contributed by atoms with E-state index in [4.69, 9.17) is 4.74 Å². The normalized spacial score (nSPS) is 21.1. The Morgan fingerprint density at radius 3 is 2.33 bits per heavy atom. The van der Waals surface area contributed by atoms with Crippen LogP contribution in [0.15, 0.2) is 48.5 Å². The fourth-order valence-corrected chi connectivity index (χ4v) is 3.08. The summed E-state index contributed by atoms with van der Waals surface area (Å²) < 4.78 is 5.66. The molecule has 21 heavy (non-hydrogen) atoms. The van der Waals surface area contributed by atoms with Gasteiger partial charge in [-0.25, -0.2) is 0 Å². The maximum absolute atomic E-state index is 11.0. The van der Waals surface area contributed by atoms with Crippen molar-refractivity contribution in [1.82, 2.24) is 0 Å². The van der Waals surface area contributed by atoms with Crippen molar-refractivity contribution in [2.45, 2.75) is 44.8 Å². The lowest BCUT2D eigenvalue weighted by Crippen LogP contribution is -2.33. The van der Waals surface area contributed by atoms with Crippen LogP contribution in [0.25, 0.3) is 0 Å². The molecule has 0 fully saturated rings. The number of aliphatic hydroxyl groups is 1. The molecular formula is C19H22O2. The molecule has 2 aromatic rings. The van der Waals surface area contributed by atoms with Crippen LogP contribution >= 0.6 is 0 Å². The fourth-order valence-electron chi connectivity index (χ4n) is 3.08. The Kier molecular flexibility index (Phi) is 3.73. The van der Waals surface area contributed by atoms with Crippen LogP contribution < -0.4 is 4.74 Å². The molecule has 2 aromatic carbocycles. The van der Waals surface area contributed by atoms with Crippen LogP contribution in [0.1, 0.15) is 37.0 Å². The van der Waals surface area contributed by atoms with Crippen molar-refractivity contribution in [1.29, 1.82) is 0 Å². The van der Waals surface area contributed by atoms with E-state index in [0.717, 1.165) is 24.2 Å². The van der Waals surface area contributed by atoms with E-state index in [1.54, 1.807) is 0 Å². The Hall–Kier alpha value is -1.80. The first-order chi connectivity index (χ1) is 10.1. The van der Waals surface area contributed by atoms with Gasteiger partial charge < -0.3 is 9.84 Å². The van der Waals surface area contributed by atoms with Crippen LogP contribution in [-0.2, 0) is 18.4 Å². The predicted molar refractivity (Wildman–Crippen MR) is 84.6 cm³/mol. The summed E-state index contributed by atoms with van der Waals surface area (Å²) in [6.07, 6.45) is 2.55. The predicted octanol–water partition coefficient (Wildman–Crippen LogP) is 3.85. The van der Waals surface area contributed by atoms with Gasteiger partial charge in [-0.1, -0.05) is 36.4 Å². The highest BCUT2D eigenvalue weighted by Gasteiger charge is 2.33. The highest BCUT2D eigenvalue weighted by molar-refractivity contribution is 5.37. The summed E-state index contributed by atoms with van der Waals surface area (Å²) in [6.45, 7) is 4.03. The van der Waals surface area contributed by atoms with Crippen molar-refractivity contribution in [3.05, 3.63) is 65.2 Å². The molecule has 1 N–H and O–H groups in total. The summed E-state index contributed by atoms with van der Waals surface area (Å²) in [4.78, 5) is 0. The van der Waals surface area contributed by atoms with E-state index in [-0.39, 0.29) is 6.10 Å². The van der Waals surface area contributed by atoms with Crippen molar-refractivity contribution in [3.63, 3.8) is 0 Å². The molecule has 2 nitrogen and oxygen atoms in total. The number of ether oxygens (including phenoxy) is 1. The summed E-state index contributed by atoms with van der Waals surface area (Å²) in [6, 6.07) is 16.3. The maximum atomic E-state index is 11.0. The smallest absolute Gasteiger partial charge is 0.119 e. The van der Waals surface area contributed by atoms with Gasteiger partial charge in [0.25, 0.3) is 0 Å². The number of aryl methyl sites for hydroxylation is 1. The molecular weight excluding hydrogens is 260 g/mol. The highest BCUT2D eigenvalue weighted by Crippen LogP contribution is 2.36. The van der Waals surface area contributed by atoms with E-state index >= 15 is 0 Å². The van der Waals surface area contributed by atoms with Gasteiger partial charge in [-0.15, -0.1) is 0 Å². The zero-order valence-corrected chi connectivity index (χ0v) is 12.7. The van der Waals surface area contributed by atoms with Crippen LogP contribution in [0.5, 0.6) is 5.75 Å². The first kappa shape index (κ1) is 14.2. The molecule has 110 valence electrons. The summed E-state index contributed by atoms with van der Waals surface area (Å²) in [5.41, 5.74) is 2.84. The van der Waals surface area contributed by atoms with Crippen molar-refractivity contribution in [2.24, 2.45) is 0 Å². The SMILES string of the molecule is CC(C)Oc1ccc(C2(O)CCc3ccccc3C2)cc1. The third-order valence-corrected chi connectivity index (χ3v) is 4.17. The summed E-state index contributed by atoms with van der Waals surface area (Å²) in [5, 5.41) is 11.0. The Morgan fingerprint density at radius 1 is 1.00 bits per heavy atom. The van der Waals surface area contributed by atoms with Gasteiger partial charge in [0.05, 0.1) is 11.7 Å². The third-order valence-electron chi connectivity index (χ3n) is 4.17. The molecule has 2 heteroatoms. The molecule has 1 aliphatic carbocycles. The number of benzene rings is 2. The third kappa shape index (κ3) is 2.96. The van der Waals surface area contributed by atoms with Crippen molar-refractivity contribution in [2.75, 3.05) is 0 Å². The second-order valence-corrected chi connectivity index (χ2v) is 6.17. The lowest BCUT2D eigenvalue weighted by Gasteiger charge is -2.34. The lowest BCUT2D eigenvalue weighted by atomic mass is 9.76. The lowest BCUT2D eigenvalue weighted by molar-refractivity contribution is 0.0222. The minimum atomic E-state index is -0.759. The van der Waals surface area contributed by atoms with Crippen LogP contribution in [0.2, 0.25) is 0 Å². The largest absolute Gasteiger partial charge is 0.491 e. The number of hydrogen-bond donors (Lipinski definition) is 1. The number of rotatable bonds is 3. The molecule has 1 atom stereocenters. The maximum Gasteiger partial charge on any atom is 0.119 e. The minimum Gasteiger partial charge on any atom is -0.491 e. The zero-order valence-electron chi connectivity index (χ0n) is 12.7. The van der Waals surface area contributed by atoms with Gasteiger partial charge in [-0.05, 0) is 55.5 Å².